The molecule has 0 N–H and O–H groups in total. The van der Waals surface area contributed by atoms with Crippen molar-refractivity contribution in [2.45, 2.75) is 44.1 Å². The van der Waals surface area contributed by atoms with E-state index in [-0.39, 0.29) is 5.54 Å². The van der Waals surface area contributed by atoms with Crippen molar-refractivity contribution < 1.29 is 9.53 Å². The number of hydrogen-bond acceptors (Lipinski definition) is 3. The third-order valence-electron chi connectivity index (χ3n) is 4.13. The Labute approximate surface area is 107 Å². The maximum atomic E-state index is 10.8. The fraction of sp³-hybridized carbons (Fsp3) is 0.533. The molecule has 2 aliphatic rings. The number of aliphatic imine (C=N–C) groups is 1. The molecule has 0 spiro atoms. The van der Waals surface area contributed by atoms with Gasteiger partial charge in [0.05, 0.1) is 6.61 Å². The maximum absolute atomic E-state index is 10.8. The second-order valence-corrected chi connectivity index (χ2v) is 5.19. The van der Waals surface area contributed by atoms with Crippen LogP contribution in [-0.4, -0.2) is 12.7 Å². The number of isocyanates is 1. The summed E-state index contributed by atoms with van der Waals surface area (Å²) in [5.41, 5.74) is 1.98. The van der Waals surface area contributed by atoms with E-state index in [1.54, 1.807) is 6.08 Å². The molecule has 3 nitrogen and oxygen atoms in total. The van der Waals surface area contributed by atoms with Crippen molar-refractivity contribution in [3.63, 3.8) is 0 Å². The highest BCUT2D eigenvalue weighted by molar-refractivity contribution is 5.49. The van der Waals surface area contributed by atoms with Gasteiger partial charge in [-0.2, -0.15) is 4.99 Å². The molecule has 0 aromatic heterocycles. The number of ether oxygens (including phenoxy) is 1. The van der Waals surface area contributed by atoms with Gasteiger partial charge in [0, 0.05) is 5.56 Å². The Kier molecular flexibility index (Phi) is 2.92. The molecule has 1 saturated carbocycles. The van der Waals surface area contributed by atoms with E-state index in [1.807, 2.05) is 0 Å². The van der Waals surface area contributed by atoms with Gasteiger partial charge < -0.3 is 4.74 Å². The van der Waals surface area contributed by atoms with E-state index < -0.39 is 0 Å². The zero-order valence-electron chi connectivity index (χ0n) is 10.4. The van der Waals surface area contributed by atoms with Gasteiger partial charge in [0.1, 0.15) is 11.3 Å². The lowest BCUT2D eigenvalue weighted by atomic mass is 9.86. The van der Waals surface area contributed by atoms with Crippen LogP contribution in [0.5, 0.6) is 5.75 Å². The SMILES string of the molecule is O=C=NC1(c2cccc3c2OCCC3)CCCC1. The van der Waals surface area contributed by atoms with Gasteiger partial charge in [-0.25, -0.2) is 4.79 Å². The van der Waals surface area contributed by atoms with E-state index >= 15 is 0 Å². The summed E-state index contributed by atoms with van der Waals surface area (Å²) in [5.74, 6) is 0.977. The third kappa shape index (κ3) is 1.75. The Morgan fingerprint density at radius 1 is 1.22 bits per heavy atom. The molecular weight excluding hydrogens is 226 g/mol. The van der Waals surface area contributed by atoms with Gasteiger partial charge >= 0.3 is 0 Å². The highest BCUT2D eigenvalue weighted by Gasteiger charge is 2.38. The molecule has 1 heterocycles. The van der Waals surface area contributed by atoms with Crippen LogP contribution in [0, 0.1) is 0 Å². The lowest BCUT2D eigenvalue weighted by molar-refractivity contribution is 0.276. The average Bonchev–Trinajstić information content (AvgIpc) is 2.88. The van der Waals surface area contributed by atoms with Crippen LogP contribution in [0.2, 0.25) is 0 Å². The van der Waals surface area contributed by atoms with Crippen LogP contribution < -0.4 is 4.74 Å². The van der Waals surface area contributed by atoms with Gasteiger partial charge in [0.2, 0.25) is 6.08 Å². The first kappa shape index (κ1) is 11.5. The lowest BCUT2D eigenvalue weighted by Crippen LogP contribution is -2.22. The fourth-order valence-electron chi connectivity index (χ4n) is 3.24. The van der Waals surface area contributed by atoms with Crippen molar-refractivity contribution in [3.05, 3.63) is 29.3 Å². The van der Waals surface area contributed by atoms with Crippen molar-refractivity contribution in [2.24, 2.45) is 4.99 Å². The number of aryl methyl sites for hydroxylation is 1. The second-order valence-electron chi connectivity index (χ2n) is 5.19. The molecule has 1 aliphatic carbocycles. The van der Waals surface area contributed by atoms with Crippen molar-refractivity contribution >= 4 is 6.08 Å². The maximum Gasteiger partial charge on any atom is 0.235 e. The molecule has 0 saturated heterocycles. The summed E-state index contributed by atoms with van der Waals surface area (Å²) in [6.45, 7) is 0.769. The number of rotatable bonds is 2. The van der Waals surface area contributed by atoms with E-state index in [9.17, 15) is 4.79 Å². The average molecular weight is 243 g/mol. The lowest BCUT2D eigenvalue weighted by Gasteiger charge is -2.28. The molecule has 0 radical (unpaired) electrons. The molecule has 18 heavy (non-hydrogen) atoms. The Morgan fingerprint density at radius 3 is 2.83 bits per heavy atom. The molecule has 0 amide bonds. The van der Waals surface area contributed by atoms with E-state index in [0.29, 0.717) is 0 Å². The number of benzene rings is 1. The highest BCUT2D eigenvalue weighted by atomic mass is 16.5. The van der Waals surface area contributed by atoms with Gasteiger partial charge in [0.15, 0.2) is 0 Å². The summed E-state index contributed by atoms with van der Waals surface area (Å²) >= 11 is 0. The number of hydrogen-bond donors (Lipinski definition) is 0. The molecule has 3 rings (SSSR count). The Morgan fingerprint density at radius 2 is 2.06 bits per heavy atom. The number of carbonyl (C=O) groups excluding carboxylic acids is 1. The van der Waals surface area contributed by atoms with Crippen LogP contribution in [0.1, 0.15) is 43.2 Å². The standard InChI is InChI=1S/C15H17NO2/c17-11-16-15(8-1-2-9-15)13-7-3-5-12-6-4-10-18-14(12)13/h3,5,7H,1-2,4,6,8-10H2. The molecular formula is C15H17NO2. The van der Waals surface area contributed by atoms with Crippen molar-refractivity contribution in [2.75, 3.05) is 6.61 Å². The molecule has 1 aromatic rings. The molecule has 0 unspecified atom stereocenters. The van der Waals surface area contributed by atoms with Crippen molar-refractivity contribution in [1.82, 2.24) is 0 Å². The zero-order valence-corrected chi connectivity index (χ0v) is 10.4. The van der Waals surface area contributed by atoms with Gasteiger partial charge in [-0.05, 0) is 31.2 Å². The minimum Gasteiger partial charge on any atom is -0.493 e. The van der Waals surface area contributed by atoms with Crippen LogP contribution in [-0.2, 0) is 16.8 Å². The van der Waals surface area contributed by atoms with E-state index in [2.05, 4.69) is 23.2 Å². The predicted molar refractivity (Wildman–Crippen MR) is 68.5 cm³/mol. The largest absolute Gasteiger partial charge is 0.493 e. The quantitative estimate of drug-likeness (QED) is 0.591. The van der Waals surface area contributed by atoms with Crippen LogP contribution >= 0.6 is 0 Å². The molecule has 3 heteroatoms. The first-order chi connectivity index (χ1) is 8.86. The van der Waals surface area contributed by atoms with Gasteiger partial charge in [-0.15, -0.1) is 0 Å². The molecule has 0 atom stereocenters. The smallest absolute Gasteiger partial charge is 0.235 e. The minimum atomic E-state index is -0.371. The summed E-state index contributed by atoms with van der Waals surface area (Å²) in [7, 11) is 0. The summed E-state index contributed by atoms with van der Waals surface area (Å²) in [4.78, 5) is 14.9. The van der Waals surface area contributed by atoms with E-state index in [1.165, 1.54) is 5.56 Å². The third-order valence-corrected chi connectivity index (χ3v) is 4.13. The van der Waals surface area contributed by atoms with E-state index in [4.69, 9.17) is 4.74 Å². The van der Waals surface area contributed by atoms with Crippen LogP contribution in [0.3, 0.4) is 0 Å². The Hall–Kier alpha value is -1.60. The molecule has 1 aliphatic heterocycles. The Bertz CT molecular complexity index is 497. The van der Waals surface area contributed by atoms with Crippen LogP contribution in [0.15, 0.2) is 23.2 Å². The topological polar surface area (TPSA) is 38.7 Å². The van der Waals surface area contributed by atoms with Gasteiger partial charge in [0.25, 0.3) is 0 Å². The minimum absolute atomic E-state index is 0.371. The summed E-state index contributed by atoms with van der Waals surface area (Å²) in [5, 5.41) is 0. The highest BCUT2D eigenvalue weighted by Crippen LogP contribution is 2.47. The van der Waals surface area contributed by atoms with Crippen molar-refractivity contribution in [1.29, 1.82) is 0 Å². The van der Waals surface area contributed by atoms with Crippen LogP contribution in [0.4, 0.5) is 0 Å². The zero-order chi connectivity index (χ0) is 12.4. The van der Waals surface area contributed by atoms with Crippen LogP contribution in [0.25, 0.3) is 0 Å². The Balaban J connectivity index is 2.12. The number of fused-ring (bicyclic) bond motifs is 1. The summed E-state index contributed by atoms with van der Waals surface area (Å²) < 4.78 is 5.85. The summed E-state index contributed by atoms with van der Waals surface area (Å²) in [6.07, 6.45) is 8.01. The first-order valence-electron chi connectivity index (χ1n) is 6.70. The van der Waals surface area contributed by atoms with Gasteiger partial charge in [-0.3, -0.25) is 0 Å². The molecule has 1 aromatic carbocycles. The predicted octanol–water partition coefficient (Wildman–Crippen LogP) is 3.12. The normalized spacial score (nSPS) is 20.7. The second kappa shape index (κ2) is 4.58. The van der Waals surface area contributed by atoms with Crippen molar-refractivity contribution in [3.8, 4) is 5.75 Å². The number of para-hydroxylation sites is 1. The molecule has 1 fully saturated rings. The first-order valence-corrected chi connectivity index (χ1v) is 6.70. The fourth-order valence-corrected chi connectivity index (χ4v) is 3.24. The molecule has 0 bridgehead atoms. The molecule has 94 valence electrons. The van der Waals surface area contributed by atoms with E-state index in [0.717, 1.165) is 56.4 Å². The van der Waals surface area contributed by atoms with Gasteiger partial charge in [-0.1, -0.05) is 31.0 Å². The summed E-state index contributed by atoms with van der Waals surface area (Å²) in [6, 6.07) is 6.24. The number of nitrogens with zero attached hydrogens (tertiary/aromatic N) is 1. The monoisotopic (exact) mass is 243 g/mol.